The molecule has 22 heavy (non-hydrogen) atoms. The molecule has 0 aromatic heterocycles. The van der Waals surface area contributed by atoms with Gasteiger partial charge in [0, 0.05) is 6.04 Å². The Morgan fingerprint density at radius 3 is 1.86 bits per heavy atom. The second-order valence-electron chi connectivity index (χ2n) is 8.10. The Bertz CT molecular complexity index is 271. The van der Waals surface area contributed by atoms with E-state index in [0.717, 1.165) is 5.92 Å². The van der Waals surface area contributed by atoms with Gasteiger partial charge in [-0.3, -0.25) is 5.32 Å². The zero-order chi connectivity index (χ0) is 15.6. The monoisotopic (exact) mass is 309 g/mol. The highest BCUT2D eigenvalue weighted by Gasteiger charge is 2.24. The lowest BCUT2D eigenvalue weighted by atomic mass is 9.88. The van der Waals surface area contributed by atoms with Crippen LogP contribution in [0, 0.1) is 11.8 Å². The van der Waals surface area contributed by atoms with E-state index >= 15 is 0 Å². The van der Waals surface area contributed by atoms with Crippen molar-refractivity contribution in [2.75, 3.05) is 0 Å². The first-order valence-corrected chi connectivity index (χ1v) is 10.2. The normalized spacial score (nSPS) is 31.9. The quantitative estimate of drug-likeness (QED) is 0.685. The summed E-state index contributed by atoms with van der Waals surface area (Å²) in [5.74, 6) is 1.25. The number of aliphatic hydroxyl groups excluding tert-OH is 1. The fraction of sp³-hybridized carbons (Fsp3) is 1.00. The van der Waals surface area contributed by atoms with Crippen LogP contribution in [0.2, 0.25) is 0 Å². The van der Waals surface area contributed by atoms with E-state index in [-0.39, 0.29) is 6.23 Å². The summed E-state index contributed by atoms with van der Waals surface area (Å²) in [4.78, 5) is 0. The van der Waals surface area contributed by atoms with Crippen LogP contribution < -0.4 is 5.32 Å². The lowest BCUT2D eigenvalue weighted by Gasteiger charge is -2.30. The van der Waals surface area contributed by atoms with E-state index < -0.39 is 0 Å². The molecule has 2 fully saturated rings. The van der Waals surface area contributed by atoms with Crippen molar-refractivity contribution in [3.05, 3.63) is 0 Å². The Labute approximate surface area is 138 Å². The summed E-state index contributed by atoms with van der Waals surface area (Å²) in [7, 11) is 0. The standard InChI is InChI=1S/C20H39NO/c1-17-12-8-6-7-9-13-18(16-17)20(22)21-19-14-10-4-2-3-5-11-15-19/h17-22H,2-16H2,1H3. The Morgan fingerprint density at radius 1 is 0.727 bits per heavy atom. The molecule has 2 aliphatic carbocycles. The molecule has 0 radical (unpaired) electrons. The van der Waals surface area contributed by atoms with Crippen molar-refractivity contribution in [3.63, 3.8) is 0 Å². The van der Waals surface area contributed by atoms with Gasteiger partial charge in [0.1, 0.15) is 6.23 Å². The first-order valence-electron chi connectivity index (χ1n) is 10.2. The summed E-state index contributed by atoms with van der Waals surface area (Å²) < 4.78 is 0. The molecule has 0 amide bonds. The van der Waals surface area contributed by atoms with Gasteiger partial charge in [-0.2, -0.15) is 0 Å². The Balaban J connectivity index is 1.82. The third kappa shape index (κ3) is 7.00. The van der Waals surface area contributed by atoms with Gasteiger partial charge in [-0.1, -0.05) is 77.6 Å². The third-order valence-electron chi connectivity index (χ3n) is 5.94. The van der Waals surface area contributed by atoms with Crippen molar-refractivity contribution >= 4 is 0 Å². The van der Waals surface area contributed by atoms with Crippen LogP contribution >= 0.6 is 0 Å². The Kier molecular flexibility index (Phi) is 8.84. The summed E-state index contributed by atoms with van der Waals surface area (Å²) in [6, 6.07) is 0.552. The smallest absolute Gasteiger partial charge is 0.107 e. The molecule has 0 saturated heterocycles. The summed E-state index contributed by atoms with van der Waals surface area (Å²) in [6.07, 6.45) is 19.7. The molecule has 2 heteroatoms. The summed E-state index contributed by atoms with van der Waals surface area (Å²) in [5.41, 5.74) is 0. The molecule has 2 aliphatic rings. The maximum Gasteiger partial charge on any atom is 0.107 e. The molecule has 0 aromatic carbocycles. The van der Waals surface area contributed by atoms with Crippen molar-refractivity contribution in [3.8, 4) is 0 Å². The van der Waals surface area contributed by atoms with Crippen molar-refractivity contribution in [1.82, 2.24) is 5.32 Å². The highest BCUT2D eigenvalue weighted by atomic mass is 16.3. The van der Waals surface area contributed by atoms with E-state index in [2.05, 4.69) is 12.2 Å². The van der Waals surface area contributed by atoms with E-state index in [4.69, 9.17) is 0 Å². The van der Waals surface area contributed by atoms with E-state index in [0.29, 0.717) is 12.0 Å². The molecule has 2 saturated carbocycles. The first kappa shape index (κ1) is 18.3. The summed E-state index contributed by atoms with van der Waals surface area (Å²) >= 11 is 0. The number of hydrogen-bond acceptors (Lipinski definition) is 2. The van der Waals surface area contributed by atoms with Crippen LogP contribution in [0.1, 0.15) is 103 Å². The maximum absolute atomic E-state index is 10.8. The molecule has 0 aliphatic heterocycles. The van der Waals surface area contributed by atoms with Crippen LogP contribution in [0.3, 0.4) is 0 Å². The van der Waals surface area contributed by atoms with Gasteiger partial charge in [0.15, 0.2) is 0 Å². The van der Waals surface area contributed by atoms with Crippen LogP contribution in [0.4, 0.5) is 0 Å². The van der Waals surface area contributed by atoms with Gasteiger partial charge in [0.2, 0.25) is 0 Å². The Morgan fingerprint density at radius 2 is 1.23 bits per heavy atom. The summed E-state index contributed by atoms with van der Waals surface area (Å²) in [6.45, 7) is 2.38. The largest absolute Gasteiger partial charge is 0.378 e. The van der Waals surface area contributed by atoms with Crippen LogP contribution in [0.15, 0.2) is 0 Å². The second kappa shape index (κ2) is 10.6. The van der Waals surface area contributed by atoms with Crippen molar-refractivity contribution in [2.45, 2.75) is 116 Å². The van der Waals surface area contributed by atoms with Crippen molar-refractivity contribution in [2.24, 2.45) is 11.8 Å². The van der Waals surface area contributed by atoms with E-state index in [1.807, 2.05) is 0 Å². The zero-order valence-corrected chi connectivity index (χ0v) is 14.9. The van der Waals surface area contributed by atoms with Crippen LogP contribution in [0.25, 0.3) is 0 Å². The minimum absolute atomic E-state index is 0.272. The van der Waals surface area contributed by atoms with Gasteiger partial charge in [0.05, 0.1) is 0 Å². The first-order chi connectivity index (χ1) is 10.8. The van der Waals surface area contributed by atoms with E-state index in [9.17, 15) is 5.11 Å². The van der Waals surface area contributed by atoms with Gasteiger partial charge < -0.3 is 5.11 Å². The number of aliphatic hydroxyl groups is 1. The predicted molar refractivity (Wildman–Crippen MR) is 94.8 cm³/mol. The molecule has 3 atom stereocenters. The van der Waals surface area contributed by atoms with E-state index in [1.54, 1.807) is 0 Å². The van der Waals surface area contributed by atoms with Crippen LogP contribution in [0.5, 0.6) is 0 Å². The van der Waals surface area contributed by atoms with Crippen molar-refractivity contribution in [1.29, 1.82) is 0 Å². The van der Waals surface area contributed by atoms with Crippen molar-refractivity contribution < 1.29 is 5.11 Å². The van der Waals surface area contributed by atoms with Gasteiger partial charge in [-0.05, 0) is 37.5 Å². The maximum atomic E-state index is 10.8. The second-order valence-corrected chi connectivity index (χ2v) is 8.10. The highest BCUT2D eigenvalue weighted by molar-refractivity contribution is 4.77. The van der Waals surface area contributed by atoms with Gasteiger partial charge in [-0.25, -0.2) is 0 Å². The molecule has 0 aromatic rings. The lowest BCUT2D eigenvalue weighted by molar-refractivity contribution is 0.0438. The van der Waals surface area contributed by atoms with Crippen LogP contribution in [-0.4, -0.2) is 17.4 Å². The zero-order valence-electron chi connectivity index (χ0n) is 14.9. The molecule has 0 bridgehead atoms. The fourth-order valence-electron chi connectivity index (χ4n) is 4.47. The molecular weight excluding hydrogens is 270 g/mol. The molecular formula is C20H39NO. The SMILES string of the molecule is CC1CCCCCCC(C(O)NC2CCCCCCCC2)C1. The highest BCUT2D eigenvalue weighted by Crippen LogP contribution is 2.28. The van der Waals surface area contributed by atoms with Gasteiger partial charge in [0.25, 0.3) is 0 Å². The molecule has 0 heterocycles. The molecule has 3 unspecified atom stereocenters. The fourth-order valence-corrected chi connectivity index (χ4v) is 4.47. The van der Waals surface area contributed by atoms with Gasteiger partial charge in [-0.15, -0.1) is 0 Å². The van der Waals surface area contributed by atoms with Crippen LogP contribution in [-0.2, 0) is 0 Å². The molecule has 2 nitrogen and oxygen atoms in total. The molecule has 130 valence electrons. The Hall–Kier alpha value is -0.0800. The minimum Gasteiger partial charge on any atom is -0.378 e. The minimum atomic E-state index is -0.272. The number of rotatable bonds is 3. The average Bonchev–Trinajstić information content (AvgIpc) is 2.69. The lowest BCUT2D eigenvalue weighted by Crippen LogP contribution is -2.43. The predicted octanol–water partition coefficient (Wildman–Crippen LogP) is 5.39. The number of nitrogens with one attached hydrogen (secondary N) is 1. The number of hydrogen-bond donors (Lipinski definition) is 2. The summed E-state index contributed by atoms with van der Waals surface area (Å²) in [5, 5.41) is 14.4. The van der Waals surface area contributed by atoms with E-state index in [1.165, 1.54) is 96.3 Å². The average molecular weight is 310 g/mol. The third-order valence-corrected chi connectivity index (χ3v) is 5.94. The molecule has 0 spiro atoms. The van der Waals surface area contributed by atoms with Gasteiger partial charge >= 0.3 is 0 Å². The molecule has 2 rings (SSSR count). The topological polar surface area (TPSA) is 32.3 Å². The molecule has 2 N–H and O–H groups in total.